The van der Waals surface area contributed by atoms with E-state index in [1.54, 1.807) is 11.4 Å². The monoisotopic (exact) mass is 493 g/mol. The van der Waals surface area contributed by atoms with Gasteiger partial charge in [0, 0.05) is 24.2 Å². The van der Waals surface area contributed by atoms with Crippen molar-refractivity contribution in [2.24, 2.45) is 0 Å². The molecule has 2 aromatic carbocycles. The maximum absolute atomic E-state index is 13.2. The lowest BCUT2D eigenvalue weighted by atomic mass is 10.1. The first-order valence-corrected chi connectivity index (χ1v) is 12.2. The first-order valence-electron chi connectivity index (χ1n) is 11.3. The summed E-state index contributed by atoms with van der Waals surface area (Å²) in [6.07, 6.45) is 2.15. The van der Waals surface area contributed by atoms with Gasteiger partial charge in [-0.2, -0.15) is 0 Å². The third-order valence-electron chi connectivity index (χ3n) is 5.65. The predicted molar refractivity (Wildman–Crippen MR) is 135 cm³/mol. The number of para-hydroxylation sites is 1. The molecule has 1 N–H and O–H groups in total. The van der Waals surface area contributed by atoms with Gasteiger partial charge >= 0.3 is 5.69 Å². The highest BCUT2D eigenvalue weighted by molar-refractivity contribution is 7.17. The number of unbranched alkanes of at least 4 members (excludes halogenated alkanes) is 2. The van der Waals surface area contributed by atoms with Gasteiger partial charge in [0.25, 0.3) is 5.56 Å². The van der Waals surface area contributed by atoms with E-state index in [1.807, 2.05) is 30.3 Å². The van der Waals surface area contributed by atoms with E-state index in [4.69, 9.17) is 0 Å². The van der Waals surface area contributed by atoms with Crippen LogP contribution in [0.1, 0.15) is 36.0 Å². The van der Waals surface area contributed by atoms with E-state index in [1.165, 1.54) is 40.2 Å². The van der Waals surface area contributed by atoms with E-state index in [0.29, 0.717) is 35.9 Å². The van der Waals surface area contributed by atoms with Crippen LogP contribution in [0.15, 0.2) is 75.6 Å². The van der Waals surface area contributed by atoms with Gasteiger partial charge in [0.15, 0.2) is 5.78 Å². The van der Waals surface area contributed by atoms with Crippen molar-refractivity contribution in [1.82, 2.24) is 9.13 Å². The molecule has 0 aliphatic heterocycles. The van der Waals surface area contributed by atoms with Gasteiger partial charge in [0.05, 0.1) is 12.1 Å². The summed E-state index contributed by atoms with van der Waals surface area (Å²) < 4.78 is 16.0. The van der Waals surface area contributed by atoms with Crippen molar-refractivity contribution < 1.29 is 14.0 Å². The molecule has 0 radical (unpaired) electrons. The van der Waals surface area contributed by atoms with Gasteiger partial charge < -0.3 is 5.32 Å². The van der Waals surface area contributed by atoms with Gasteiger partial charge in [0.1, 0.15) is 10.5 Å². The largest absolute Gasteiger partial charge is 0.331 e. The third-order valence-corrected chi connectivity index (χ3v) is 6.54. The smallest absolute Gasteiger partial charge is 0.326 e. The molecule has 0 saturated carbocycles. The molecule has 0 fully saturated rings. The molecule has 35 heavy (non-hydrogen) atoms. The number of ketones is 1. The van der Waals surface area contributed by atoms with Crippen LogP contribution in [0.3, 0.4) is 0 Å². The fraction of sp³-hybridized carbons (Fsp3) is 0.231. The van der Waals surface area contributed by atoms with Crippen LogP contribution >= 0.6 is 11.3 Å². The summed E-state index contributed by atoms with van der Waals surface area (Å²) >= 11 is 1.22. The number of thiophene rings is 1. The number of halogens is 1. The van der Waals surface area contributed by atoms with Crippen LogP contribution in [0.4, 0.5) is 10.1 Å². The van der Waals surface area contributed by atoms with Crippen molar-refractivity contribution in [3.05, 3.63) is 98.3 Å². The molecule has 1 amide bonds. The quantitative estimate of drug-likeness (QED) is 0.261. The maximum atomic E-state index is 13.2. The molecule has 2 heterocycles. The zero-order valence-corrected chi connectivity index (χ0v) is 19.7. The van der Waals surface area contributed by atoms with Crippen molar-refractivity contribution in [2.45, 2.75) is 38.8 Å². The van der Waals surface area contributed by atoms with Gasteiger partial charge in [-0.3, -0.25) is 23.5 Å². The van der Waals surface area contributed by atoms with E-state index in [-0.39, 0.29) is 35.9 Å². The average Bonchev–Trinajstić information content (AvgIpc) is 3.34. The molecule has 0 unspecified atom stereocenters. The number of amides is 1. The Labute approximate surface area is 204 Å². The molecule has 4 aromatic rings. The molecule has 180 valence electrons. The number of fused-ring (bicyclic) bond motifs is 1. The maximum Gasteiger partial charge on any atom is 0.331 e. The van der Waals surface area contributed by atoms with Crippen molar-refractivity contribution in [1.29, 1.82) is 0 Å². The van der Waals surface area contributed by atoms with E-state index in [2.05, 4.69) is 5.32 Å². The highest BCUT2D eigenvalue weighted by Gasteiger charge is 2.17. The number of aromatic nitrogens is 2. The van der Waals surface area contributed by atoms with Gasteiger partial charge in [-0.05, 0) is 60.7 Å². The van der Waals surface area contributed by atoms with Crippen LogP contribution in [0.25, 0.3) is 10.2 Å². The first kappa shape index (κ1) is 24.3. The van der Waals surface area contributed by atoms with E-state index in [9.17, 15) is 23.6 Å². The molecule has 9 heteroatoms. The van der Waals surface area contributed by atoms with Crippen molar-refractivity contribution >= 4 is 38.9 Å². The van der Waals surface area contributed by atoms with Gasteiger partial charge in [-0.15, -0.1) is 11.3 Å². The Morgan fingerprint density at radius 1 is 0.886 bits per heavy atom. The number of nitrogens with one attached hydrogen (secondary N) is 1. The number of carbonyl (C=O) groups excluding carboxylic acids is 2. The second-order valence-corrected chi connectivity index (χ2v) is 9.03. The summed E-state index contributed by atoms with van der Waals surface area (Å²) in [7, 11) is 0. The Balaban J connectivity index is 1.42. The summed E-state index contributed by atoms with van der Waals surface area (Å²) in [5.74, 6) is -0.894. The Kier molecular flexibility index (Phi) is 7.67. The van der Waals surface area contributed by atoms with Crippen LogP contribution in [-0.2, 0) is 17.9 Å². The summed E-state index contributed by atoms with van der Waals surface area (Å²) in [5, 5.41) is 4.54. The zero-order valence-electron chi connectivity index (χ0n) is 18.9. The highest BCUT2D eigenvalue weighted by Crippen LogP contribution is 2.16. The van der Waals surface area contributed by atoms with Crippen LogP contribution < -0.4 is 16.6 Å². The van der Waals surface area contributed by atoms with Crippen molar-refractivity contribution in [2.75, 3.05) is 5.32 Å². The van der Waals surface area contributed by atoms with E-state index >= 15 is 0 Å². The molecule has 7 nitrogen and oxygen atoms in total. The minimum atomic E-state index is -0.557. The normalized spacial score (nSPS) is 11.0. The Bertz CT molecular complexity index is 1460. The molecule has 0 saturated heterocycles. The Morgan fingerprint density at radius 3 is 2.37 bits per heavy atom. The predicted octanol–water partition coefficient (Wildman–Crippen LogP) is 4.45. The molecule has 4 rings (SSSR count). The van der Waals surface area contributed by atoms with Crippen molar-refractivity contribution in [3.8, 4) is 0 Å². The highest BCUT2D eigenvalue weighted by atomic mass is 32.1. The zero-order chi connectivity index (χ0) is 24.8. The van der Waals surface area contributed by atoms with Crippen LogP contribution in [0, 0.1) is 5.82 Å². The molecule has 0 spiro atoms. The van der Waals surface area contributed by atoms with E-state index in [0.717, 1.165) is 10.3 Å². The molecule has 0 aliphatic carbocycles. The van der Waals surface area contributed by atoms with Gasteiger partial charge in [-0.25, -0.2) is 9.18 Å². The SMILES string of the molecule is O=C(CCCCCn1c(=O)c2sccc2n(CC(=O)c2ccc(F)cc2)c1=O)Nc1ccccc1. The Morgan fingerprint density at radius 2 is 1.63 bits per heavy atom. The van der Waals surface area contributed by atoms with Crippen LogP contribution in [0.5, 0.6) is 0 Å². The molecule has 0 bridgehead atoms. The number of Topliss-reactive ketones (excluding diaryl/α,β-unsaturated/α-hetero) is 1. The summed E-state index contributed by atoms with van der Waals surface area (Å²) in [5.41, 5.74) is 0.497. The minimum Gasteiger partial charge on any atom is -0.326 e. The Hall–Kier alpha value is -3.85. The molecular weight excluding hydrogens is 469 g/mol. The summed E-state index contributed by atoms with van der Waals surface area (Å²) in [6, 6.07) is 16.0. The summed E-state index contributed by atoms with van der Waals surface area (Å²) in [4.78, 5) is 50.9. The van der Waals surface area contributed by atoms with E-state index < -0.39 is 11.5 Å². The molecular formula is C26H24FN3O4S. The van der Waals surface area contributed by atoms with Crippen LogP contribution in [-0.4, -0.2) is 20.8 Å². The number of rotatable bonds is 10. The topological polar surface area (TPSA) is 90.2 Å². The number of hydrogen-bond donors (Lipinski definition) is 1. The summed E-state index contributed by atoms with van der Waals surface area (Å²) in [6.45, 7) is -0.0613. The lowest BCUT2D eigenvalue weighted by Gasteiger charge is -2.12. The fourth-order valence-electron chi connectivity index (χ4n) is 3.83. The number of carbonyl (C=O) groups is 2. The third kappa shape index (κ3) is 5.81. The van der Waals surface area contributed by atoms with Crippen molar-refractivity contribution in [3.63, 3.8) is 0 Å². The average molecular weight is 494 g/mol. The van der Waals surface area contributed by atoms with Crippen LogP contribution in [0.2, 0.25) is 0 Å². The standard InChI is InChI=1S/C26H24FN3O4S/c27-19-12-10-18(11-13-19)22(31)17-30-21-14-16-35-24(21)25(33)29(26(30)34)15-6-2-5-9-23(32)28-20-7-3-1-4-8-20/h1,3-4,7-8,10-14,16H,2,5-6,9,15,17H2,(H,28,32). The number of anilines is 1. The molecule has 0 atom stereocenters. The number of nitrogens with zero attached hydrogens (tertiary/aromatic N) is 2. The fourth-order valence-corrected chi connectivity index (χ4v) is 4.67. The number of benzene rings is 2. The molecule has 2 aromatic heterocycles. The van der Waals surface area contributed by atoms with Gasteiger partial charge in [-0.1, -0.05) is 24.6 Å². The van der Waals surface area contributed by atoms with Gasteiger partial charge in [0.2, 0.25) is 5.91 Å². The second-order valence-electron chi connectivity index (χ2n) is 8.12. The first-order chi connectivity index (χ1) is 16.9. The molecule has 0 aliphatic rings. The lowest BCUT2D eigenvalue weighted by molar-refractivity contribution is -0.116. The minimum absolute atomic E-state index is 0.0879. The second kappa shape index (κ2) is 11.1. The lowest BCUT2D eigenvalue weighted by Crippen LogP contribution is -2.40. The number of hydrogen-bond acceptors (Lipinski definition) is 5.